The van der Waals surface area contributed by atoms with Gasteiger partial charge in [-0.1, -0.05) is 19.9 Å². The number of rotatable bonds is 5. The highest BCUT2D eigenvalue weighted by Gasteiger charge is 2.23. The molecule has 1 fully saturated rings. The van der Waals surface area contributed by atoms with Gasteiger partial charge in [-0.15, -0.1) is 11.3 Å². The van der Waals surface area contributed by atoms with Gasteiger partial charge < -0.3 is 10.6 Å². The van der Waals surface area contributed by atoms with Crippen molar-refractivity contribution in [3.63, 3.8) is 0 Å². The number of carbonyl (C=O) groups is 1. The minimum absolute atomic E-state index is 0.0225. The van der Waals surface area contributed by atoms with Gasteiger partial charge in [0.2, 0.25) is 5.91 Å². The first-order valence-corrected chi connectivity index (χ1v) is 7.97. The summed E-state index contributed by atoms with van der Waals surface area (Å²) < 4.78 is 0. The van der Waals surface area contributed by atoms with Crippen molar-refractivity contribution < 1.29 is 4.79 Å². The highest BCUT2D eigenvalue weighted by Crippen LogP contribution is 2.26. The molecular formula is C15H24N2OS. The standard InChI is InChI=1S/C15H24N2OS/c1-15(2,13-6-4-8-19-13)11-17-14(18)9-12-5-3-7-16-10-12/h4,6,8,12,16H,3,5,7,9-11H2,1-2H3,(H,17,18). The summed E-state index contributed by atoms with van der Waals surface area (Å²) in [6, 6.07) is 4.21. The Morgan fingerprint density at radius 3 is 3.05 bits per heavy atom. The van der Waals surface area contributed by atoms with Crippen LogP contribution in [0.25, 0.3) is 0 Å². The summed E-state index contributed by atoms with van der Waals surface area (Å²) in [7, 11) is 0. The molecule has 0 saturated carbocycles. The number of nitrogens with one attached hydrogen (secondary N) is 2. The van der Waals surface area contributed by atoms with E-state index in [2.05, 4.69) is 42.0 Å². The van der Waals surface area contributed by atoms with Gasteiger partial charge in [0.25, 0.3) is 0 Å². The van der Waals surface area contributed by atoms with Gasteiger partial charge in [-0.2, -0.15) is 0 Å². The quantitative estimate of drug-likeness (QED) is 0.870. The molecule has 2 rings (SSSR count). The van der Waals surface area contributed by atoms with Gasteiger partial charge in [-0.05, 0) is 43.3 Å². The third-order valence-corrected chi connectivity index (χ3v) is 5.02. The van der Waals surface area contributed by atoms with Crippen LogP contribution in [0, 0.1) is 5.92 Å². The maximum absolute atomic E-state index is 12.0. The number of amides is 1. The number of hydrogen-bond donors (Lipinski definition) is 2. The fourth-order valence-electron chi connectivity index (χ4n) is 2.50. The van der Waals surface area contributed by atoms with Crippen molar-refractivity contribution in [2.24, 2.45) is 5.92 Å². The first kappa shape index (κ1) is 14.5. The highest BCUT2D eigenvalue weighted by molar-refractivity contribution is 7.10. The molecule has 0 radical (unpaired) electrons. The Bertz CT molecular complexity index is 394. The van der Waals surface area contributed by atoms with E-state index >= 15 is 0 Å². The van der Waals surface area contributed by atoms with Crippen molar-refractivity contribution in [3.05, 3.63) is 22.4 Å². The lowest BCUT2D eigenvalue weighted by Gasteiger charge is -2.25. The molecule has 1 amide bonds. The van der Waals surface area contributed by atoms with E-state index in [4.69, 9.17) is 0 Å². The lowest BCUT2D eigenvalue weighted by atomic mass is 9.91. The van der Waals surface area contributed by atoms with Crippen LogP contribution in [0.4, 0.5) is 0 Å². The van der Waals surface area contributed by atoms with Gasteiger partial charge in [-0.25, -0.2) is 0 Å². The molecule has 19 heavy (non-hydrogen) atoms. The molecule has 3 nitrogen and oxygen atoms in total. The molecule has 1 aromatic heterocycles. The highest BCUT2D eigenvalue weighted by atomic mass is 32.1. The smallest absolute Gasteiger partial charge is 0.220 e. The zero-order valence-corrected chi connectivity index (χ0v) is 12.7. The van der Waals surface area contributed by atoms with Crippen LogP contribution in [0.2, 0.25) is 0 Å². The lowest BCUT2D eigenvalue weighted by molar-refractivity contribution is -0.122. The van der Waals surface area contributed by atoms with Crippen LogP contribution in [0.1, 0.15) is 38.0 Å². The van der Waals surface area contributed by atoms with Crippen molar-refractivity contribution in [2.45, 2.75) is 38.5 Å². The van der Waals surface area contributed by atoms with E-state index in [0.717, 1.165) is 13.1 Å². The molecule has 0 bridgehead atoms. The van der Waals surface area contributed by atoms with Crippen LogP contribution >= 0.6 is 11.3 Å². The van der Waals surface area contributed by atoms with Crippen molar-refractivity contribution in [1.29, 1.82) is 0 Å². The summed E-state index contributed by atoms with van der Waals surface area (Å²) in [6.07, 6.45) is 3.03. The van der Waals surface area contributed by atoms with Crippen LogP contribution in [-0.4, -0.2) is 25.5 Å². The van der Waals surface area contributed by atoms with Crippen LogP contribution in [-0.2, 0) is 10.2 Å². The number of carbonyl (C=O) groups excluding carboxylic acids is 1. The third-order valence-electron chi connectivity index (χ3n) is 3.79. The topological polar surface area (TPSA) is 41.1 Å². The second kappa shape index (κ2) is 6.53. The largest absolute Gasteiger partial charge is 0.355 e. The van der Waals surface area contributed by atoms with Crippen LogP contribution in [0.15, 0.2) is 17.5 Å². The molecule has 0 spiro atoms. The monoisotopic (exact) mass is 280 g/mol. The normalized spacial score (nSPS) is 20.2. The van der Waals surface area contributed by atoms with Crippen LogP contribution < -0.4 is 10.6 Å². The Hall–Kier alpha value is -0.870. The van der Waals surface area contributed by atoms with Gasteiger partial charge >= 0.3 is 0 Å². The summed E-state index contributed by atoms with van der Waals surface area (Å²) >= 11 is 1.76. The van der Waals surface area contributed by atoms with Crippen molar-refractivity contribution in [3.8, 4) is 0 Å². The van der Waals surface area contributed by atoms with E-state index < -0.39 is 0 Å². The molecule has 2 N–H and O–H groups in total. The predicted molar refractivity (Wildman–Crippen MR) is 80.6 cm³/mol. The van der Waals surface area contributed by atoms with Gasteiger partial charge in [0, 0.05) is 23.3 Å². The van der Waals surface area contributed by atoms with Gasteiger partial charge in [0.15, 0.2) is 0 Å². The maximum Gasteiger partial charge on any atom is 0.220 e. The van der Waals surface area contributed by atoms with Gasteiger partial charge in [0.1, 0.15) is 0 Å². The molecule has 1 aliphatic rings. The molecule has 2 heterocycles. The van der Waals surface area contributed by atoms with Crippen LogP contribution in [0.5, 0.6) is 0 Å². The molecule has 0 aromatic carbocycles. The molecule has 1 unspecified atom stereocenters. The third kappa shape index (κ3) is 4.32. The first-order chi connectivity index (χ1) is 9.08. The number of piperidine rings is 1. The average molecular weight is 280 g/mol. The number of hydrogen-bond acceptors (Lipinski definition) is 3. The molecule has 1 aliphatic heterocycles. The summed E-state index contributed by atoms with van der Waals surface area (Å²) in [5, 5.41) is 8.54. The Morgan fingerprint density at radius 1 is 1.58 bits per heavy atom. The average Bonchev–Trinajstić information content (AvgIpc) is 2.92. The Kier molecular flexibility index (Phi) is 4.99. The van der Waals surface area contributed by atoms with Gasteiger partial charge in [-0.3, -0.25) is 4.79 Å². The predicted octanol–water partition coefficient (Wildman–Crippen LogP) is 2.53. The lowest BCUT2D eigenvalue weighted by Crippen LogP contribution is -2.39. The van der Waals surface area contributed by atoms with E-state index in [9.17, 15) is 4.79 Å². The van der Waals surface area contributed by atoms with E-state index in [1.807, 2.05) is 0 Å². The van der Waals surface area contributed by atoms with Gasteiger partial charge in [0.05, 0.1) is 0 Å². The summed E-state index contributed by atoms with van der Waals surface area (Å²) in [6.45, 7) is 7.17. The minimum Gasteiger partial charge on any atom is -0.355 e. The summed E-state index contributed by atoms with van der Waals surface area (Å²) in [5.41, 5.74) is 0.0225. The second-order valence-corrected chi connectivity index (χ2v) is 7.00. The first-order valence-electron chi connectivity index (χ1n) is 7.09. The Balaban J connectivity index is 1.76. The molecule has 1 aromatic rings. The Labute approximate surface area is 119 Å². The molecule has 0 aliphatic carbocycles. The molecule has 1 saturated heterocycles. The fraction of sp³-hybridized carbons (Fsp3) is 0.667. The molecule has 1 atom stereocenters. The SMILES string of the molecule is CC(C)(CNC(=O)CC1CCCNC1)c1cccs1. The summed E-state index contributed by atoms with van der Waals surface area (Å²) in [4.78, 5) is 13.3. The minimum atomic E-state index is 0.0225. The molecule has 106 valence electrons. The van der Waals surface area contributed by atoms with Crippen molar-refractivity contribution in [2.75, 3.05) is 19.6 Å². The molecule has 4 heteroatoms. The maximum atomic E-state index is 12.0. The Morgan fingerprint density at radius 2 is 2.42 bits per heavy atom. The van der Waals surface area contributed by atoms with Crippen molar-refractivity contribution >= 4 is 17.2 Å². The fourth-order valence-corrected chi connectivity index (χ4v) is 3.35. The van der Waals surface area contributed by atoms with E-state index in [1.54, 1.807) is 11.3 Å². The zero-order valence-electron chi connectivity index (χ0n) is 11.9. The van der Waals surface area contributed by atoms with E-state index in [1.165, 1.54) is 17.7 Å². The zero-order chi connectivity index (χ0) is 13.7. The van der Waals surface area contributed by atoms with E-state index in [-0.39, 0.29) is 11.3 Å². The van der Waals surface area contributed by atoms with E-state index in [0.29, 0.717) is 18.9 Å². The van der Waals surface area contributed by atoms with Crippen molar-refractivity contribution in [1.82, 2.24) is 10.6 Å². The number of thiophene rings is 1. The van der Waals surface area contributed by atoms with Crippen LogP contribution in [0.3, 0.4) is 0 Å². The molecular weight excluding hydrogens is 256 g/mol. The summed E-state index contributed by atoms with van der Waals surface area (Å²) in [5.74, 6) is 0.705. The second-order valence-electron chi connectivity index (χ2n) is 6.05.